The molecule has 1 heterocycles. The molecule has 1 aromatic heterocycles. The van der Waals surface area contributed by atoms with Gasteiger partial charge >= 0.3 is 0 Å². The van der Waals surface area contributed by atoms with Crippen LogP contribution in [0, 0.1) is 24.4 Å². The number of anilines is 1. The summed E-state index contributed by atoms with van der Waals surface area (Å²) in [7, 11) is 0. The van der Waals surface area contributed by atoms with E-state index in [4.69, 9.17) is 0 Å². The molecule has 1 atom stereocenters. The Morgan fingerprint density at radius 3 is 2.44 bits per heavy atom. The highest BCUT2D eigenvalue weighted by atomic mass is 32.1. The van der Waals surface area contributed by atoms with Crippen molar-refractivity contribution >= 4 is 17.0 Å². The van der Waals surface area contributed by atoms with E-state index < -0.39 is 17.5 Å². The first-order valence-electron chi connectivity index (χ1n) is 5.30. The van der Waals surface area contributed by atoms with Crippen molar-refractivity contribution in [2.45, 2.75) is 19.9 Å². The number of rotatable bonds is 3. The lowest BCUT2D eigenvalue weighted by Gasteiger charge is -2.15. The highest BCUT2D eigenvalue weighted by Crippen LogP contribution is 2.27. The van der Waals surface area contributed by atoms with Gasteiger partial charge < -0.3 is 5.32 Å². The van der Waals surface area contributed by atoms with E-state index in [9.17, 15) is 13.2 Å². The summed E-state index contributed by atoms with van der Waals surface area (Å²) < 4.78 is 39.3. The zero-order valence-corrected chi connectivity index (χ0v) is 10.6. The third-order valence-electron chi connectivity index (χ3n) is 2.56. The summed E-state index contributed by atoms with van der Waals surface area (Å²) >= 11 is 1.43. The van der Waals surface area contributed by atoms with Gasteiger partial charge in [0.05, 0.1) is 22.9 Å². The lowest BCUT2D eigenvalue weighted by Crippen LogP contribution is -2.08. The maximum absolute atomic E-state index is 13.5. The molecule has 0 saturated heterocycles. The molecule has 0 aliphatic rings. The maximum Gasteiger partial charge on any atom is 0.161 e. The van der Waals surface area contributed by atoms with Crippen molar-refractivity contribution in [2.24, 2.45) is 0 Å². The second-order valence-electron chi connectivity index (χ2n) is 3.91. The van der Waals surface area contributed by atoms with Gasteiger partial charge in [0, 0.05) is 17.0 Å². The van der Waals surface area contributed by atoms with Crippen molar-refractivity contribution in [2.75, 3.05) is 5.32 Å². The van der Waals surface area contributed by atoms with Crippen LogP contribution in [0.2, 0.25) is 0 Å². The van der Waals surface area contributed by atoms with Gasteiger partial charge in [0.15, 0.2) is 11.6 Å². The highest BCUT2D eigenvalue weighted by molar-refractivity contribution is 7.09. The van der Waals surface area contributed by atoms with Gasteiger partial charge in [-0.05, 0) is 13.8 Å². The second-order valence-corrected chi connectivity index (χ2v) is 4.80. The van der Waals surface area contributed by atoms with Crippen LogP contribution in [0.15, 0.2) is 17.6 Å². The lowest BCUT2D eigenvalue weighted by atomic mass is 10.2. The van der Waals surface area contributed by atoms with Gasteiger partial charge in [0.25, 0.3) is 0 Å². The van der Waals surface area contributed by atoms with Gasteiger partial charge in [-0.15, -0.1) is 11.3 Å². The van der Waals surface area contributed by atoms with Gasteiger partial charge in [-0.25, -0.2) is 18.2 Å². The minimum atomic E-state index is -1.19. The molecular formula is C12H11F3N2S. The number of aromatic nitrogens is 1. The monoisotopic (exact) mass is 272 g/mol. The van der Waals surface area contributed by atoms with E-state index in [1.54, 1.807) is 12.4 Å². The molecular weight excluding hydrogens is 261 g/mol. The van der Waals surface area contributed by atoms with Crippen molar-refractivity contribution in [3.8, 4) is 0 Å². The van der Waals surface area contributed by atoms with Gasteiger partial charge in [0.2, 0.25) is 0 Å². The average molecular weight is 272 g/mol. The molecule has 18 heavy (non-hydrogen) atoms. The minimum absolute atomic E-state index is 0.0609. The first-order chi connectivity index (χ1) is 8.49. The van der Waals surface area contributed by atoms with Crippen molar-refractivity contribution in [1.82, 2.24) is 4.98 Å². The summed E-state index contributed by atoms with van der Waals surface area (Å²) in [5.41, 5.74) is 2.46. The van der Waals surface area contributed by atoms with Crippen molar-refractivity contribution < 1.29 is 13.2 Å². The molecule has 1 N–H and O–H groups in total. The standard InChI is InChI=1S/C12H11F3N2S/c1-6-12(18-5-16-6)7(2)17-11-4-9(14)8(13)3-10(11)15/h3-5,7,17H,1-2H3. The fraction of sp³-hybridized carbons (Fsp3) is 0.250. The maximum atomic E-state index is 13.5. The molecule has 2 nitrogen and oxygen atoms in total. The summed E-state index contributed by atoms with van der Waals surface area (Å²) in [5, 5.41) is 2.81. The lowest BCUT2D eigenvalue weighted by molar-refractivity contribution is 0.495. The average Bonchev–Trinajstić information content (AvgIpc) is 2.72. The van der Waals surface area contributed by atoms with Crippen LogP contribution in [0.25, 0.3) is 0 Å². The fourth-order valence-electron chi connectivity index (χ4n) is 1.66. The van der Waals surface area contributed by atoms with Crippen LogP contribution in [-0.4, -0.2) is 4.98 Å². The number of thiazole rings is 1. The molecule has 0 bridgehead atoms. The Morgan fingerprint density at radius 1 is 1.17 bits per heavy atom. The topological polar surface area (TPSA) is 24.9 Å². The van der Waals surface area contributed by atoms with Crippen LogP contribution in [0.1, 0.15) is 23.5 Å². The molecule has 0 radical (unpaired) electrons. The van der Waals surface area contributed by atoms with E-state index >= 15 is 0 Å². The summed E-state index contributed by atoms with van der Waals surface area (Å²) in [4.78, 5) is 5.01. The molecule has 2 aromatic rings. The smallest absolute Gasteiger partial charge is 0.161 e. The number of nitrogens with zero attached hydrogens (tertiary/aromatic N) is 1. The van der Waals surface area contributed by atoms with E-state index in [0.717, 1.165) is 16.6 Å². The van der Waals surface area contributed by atoms with Crippen molar-refractivity contribution in [3.63, 3.8) is 0 Å². The van der Waals surface area contributed by atoms with Crippen LogP contribution < -0.4 is 5.32 Å². The Morgan fingerprint density at radius 2 is 1.83 bits per heavy atom. The number of nitrogens with one attached hydrogen (secondary N) is 1. The quantitative estimate of drug-likeness (QED) is 0.853. The number of aryl methyl sites for hydroxylation is 1. The fourth-order valence-corrected chi connectivity index (χ4v) is 2.47. The number of hydrogen-bond donors (Lipinski definition) is 1. The zero-order valence-electron chi connectivity index (χ0n) is 9.80. The Bertz CT molecular complexity index is 568. The van der Waals surface area contributed by atoms with Gasteiger partial charge in [-0.1, -0.05) is 0 Å². The molecule has 0 aliphatic heterocycles. The van der Waals surface area contributed by atoms with Crippen LogP contribution in [0.4, 0.5) is 18.9 Å². The molecule has 96 valence electrons. The number of benzene rings is 1. The zero-order chi connectivity index (χ0) is 13.3. The van der Waals surface area contributed by atoms with E-state index in [2.05, 4.69) is 10.3 Å². The largest absolute Gasteiger partial charge is 0.375 e. The summed E-state index contributed by atoms with van der Waals surface area (Å²) in [6, 6.07) is 1.12. The minimum Gasteiger partial charge on any atom is -0.375 e. The second kappa shape index (κ2) is 4.97. The molecule has 2 rings (SSSR count). The first-order valence-corrected chi connectivity index (χ1v) is 6.18. The van der Waals surface area contributed by atoms with Crippen LogP contribution >= 0.6 is 11.3 Å². The molecule has 0 amide bonds. The van der Waals surface area contributed by atoms with Gasteiger partial charge in [-0.3, -0.25) is 0 Å². The third kappa shape index (κ3) is 2.48. The Labute approximate surface area is 106 Å². The van der Waals surface area contributed by atoms with E-state index in [1.807, 2.05) is 6.92 Å². The molecule has 0 fully saturated rings. The summed E-state index contributed by atoms with van der Waals surface area (Å²) in [5.74, 6) is -3.09. The number of hydrogen-bond acceptors (Lipinski definition) is 3. The molecule has 0 aliphatic carbocycles. The van der Waals surface area contributed by atoms with Gasteiger partial charge in [-0.2, -0.15) is 0 Å². The predicted octanol–water partition coefficient (Wildman–Crippen LogP) is 4.04. The summed E-state index contributed by atoms with van der Waals surface area (Å²) in [6.45, 7) is 3.65. The Kier molecular flexibility index (Phi) is 3.56. The highest BCUT2D eigenvalue weighted by Gasteiger charge is 2.15. The van der Waals surface area contributed by atoms with E-state index in [1.165, 1.54) is 11.3 Å². The molecule has 0 spiro atoms. The van der Waals surface area contributed by atoms with E-state index in [-0.39, 0.29) is 11.7 Å². The molecule has 1 unspecified atom stereocenters. The molecule has 6 heteroatoms. The predicted molar refractivity (Wildman–Crippen MR) is 65.2 cm³/mol. The van der Waals surface area contributed by atoms with Gasteiger partial charge in [0.1, 0.15) is 5.82 Å². The third-order valence-corrected chi connectivity index (χ3v) is 3.67. The Balaban J connectivity index is 2.24. The van der Waals surface area contributed by atoms with Crippen LogP contribution in [0.5, 0.6) is 0 Å². The van der Waals surface area contributed by atoms with Crippen LogP contribution in [0.3, 0.4) is 0 Å². The summed E-state index contributed by atoms with van der Waals surface area (Å²) in [6.07, 6.45) is 0. The van der Waals surface area contributed by atoms with Crippen molar-refractivity contribution in [3.05, 3.63) is 45.7 Å². The Hall–Kier alpha value is -1.56. The normalized spacial score (nSPS) is 12.5. The molecule has 0 saturated carbocycles. The van der Waals surface area contributed by atoms with Crippen molar-refractivity contribution in [1.29, 1.82) is 0 Å². The SMILES string of the molecule is Cc1ncsc1C(C)Nc1cc(F)c(F)cc1F. The molecule has 1 aromatic carbocycles. The number of halogens is 3. The van der Waals surface area contributed by atoms with Crippen LogP contribution in [-0.2, 0) is 0 Å². The van der Waals surface area contributed by atoms with E-state index in [0.29, 0.717) is 6.07 Å². The first kappa shape index (κ1) is 12.9.